The first kappa shape index (κ1) is 13.6. The van der Waals surface area contributed by atoms with Crippen LogP contribution < -0.4 is 5.32 Å². The van der Waals surface area contributed by atoms with Crippen LogP contribution in [0.5, 0.6) is 0 Å². The largest absolute Gasteiger partial charge is 0.334 e. The van der Waals surface area contributed by atoms with Gasteiger partial charge in [-0.05, 0) is 50.6 Å². The zero-order chi connectivity index (χ0) is 13.9. The highest BCUT2D eigenvalue weighted by atomic mass is 16.2. The molecule has 0 spiro atoms. The van der Waals surface area contributed by atoms with Crippen molar-refractivity contribution in [1.29, 1.82) is 0 Å². The van der Waals surface area contributed by atoms with E-state index in [0.717, 1.165) is 25.9 Å². The minimum Gasteiger partial charge on any atom is -0.334 e. The lowest BCUT2D eigenvalue weighted by molar-refractivity contribution is -0.136. The molecular formula is C17H24N2O. The zero-order valence-corrected chi connectivity index (χ0v) is 12.2. The Labute approximate surface area is 121 Å². The van der Waals surface area contributed by atoms with Gasteiger partial charge in [-0.15, -0.1) is 0 Å². The minimum absolute atomic E-state index is 0.0416. The van der Waals surface area contributed by atoms with Crippen LogP contribution in [-0.2, 0) is 11.3 Å². The second kappa shape index (κ2) is 5.96. The Morgan fingerprint density at radius 1 is 1.30 bits per heavy atom. The number of amides is 1. The monoisotopic (exact) mass is 272 g/mol. The summed E-state index contributed by atoms with van der Waals surface area (Å²) in [4.78, 5) is 14.9. The van der Waals surface area contributed by atoms with Crippen LogP contribution in [0.15, 0.2) is 30.3 Å². The molecule has 1 saturated heterocycles. The smallest absolute Gasteiger partial charge is 0.240 e. The maximum atomic E-state index is 12.8. The van der Waals surface area contributed by atoms with E-state index in [1.807, 2.05) is 18.2 Å². The lowest BCUT2D eigenvalue weighted by atomic mass is 10.1. The summed E-state index contributed by atoms with van der Waals surface area (Å²) in [6.45, 7) is 3.94. The van der Waals surface area contributed by atoms with Crippen LogP contribution in [0.25, 0.3) is 0 Å². The van der Waals surface area contributed by atoms with Crippen LogP contribution in [0.3, 0.4) is 0 Å². The molecule has 3 nitrogen and oxygen atoms in total. The molecule has 2 aliphatic rings. The third kappa shape index (κ3) is 3.04. The molecule has 3 rings (SSSR count). The van der Waals surface area contributed by atoms with Gasteiger partial charge in [-0.2, -0.15) is 0 Å². The summed E-state index contributed by atoms with van der Waals surface area (Å²) < 4.78 is 0. The number of carbonyl (C=O) groups is 1. The van der Waals surface area contributed by atoms with E-state index in [1.165, 1.54) is 18.4 Å². The summed E-state index contributed by atoms with van der Waals surface area (Å²) in [5.74, 6) is 1.01. The standard InChI is InChI=1S/C17H24N2O/c1-13(15-9-10-15)19(12-14-6-3-2-4-7-14)17(20)16-8-5-11-18-16/h2-4,6-7,13,15-16,18H,5,8-12H2,1H3/t13?,16-/m0/s1. The van der Waals surface area contributed by atoms with Gasteiger partial charge in [-0.3, -0.25) is 4.79 Å². The lowest BCUT2D eigenvalue weighted by Gasteiger charge is -2.32. The van der Waals surface area contributed by atoms with Crippen LogP contribution in [-0.4, -0.2) is 29.4 Å². The molecule has 1 unspecified atom stereocenters. The zero-order valence-electron chi connectivity index (χ0n) is 12.2. The molecule has 1 amide bonds. The van der Waals surface area contributed by atoms with E-state index in [4.69, 9.17) is 0 Å². The van der Waals surface area contributed by atoms with Gasteiger partial charge in [0.15, 0.2) is 0 Å². The van der Waals surface area contributed by atoms with Gasteiger partial charge in [0, 0.05) is 12.6 Å². The Hall–Kier alpha value is -1.35. The maximum absolute atomic E-state index is 12.8. The second-order valence-electron chi connectivity index (χ2n) is 6.18. The molecule has 108 valence electrons. The minimum atomic E-state index is 0.0416. The topological polar surface area (TPSA) is 32.3 Å². The molecular weight excluding hydrogens is 248 g/mol. The van der Waals surface area contributed by atoms with Crippen molar-refractivity contribution in [1.82, 2.24) is 10.2 Å². The summed E-state index contributed by atoms with van der Waals surface area (Å²) in [6.07, 6.45) is 4.66. The van der Waals surface area contributed by atoms with Crippen LogP contribution in [0.2, 0.25) is 0 Å². The van der Waals surface area contributed by atoms with Gasteiger partial charge in [-0.1, -0.05) is 30.3 Å². The average molecular weight is 272 g/mol. The number of nitrogens with one attached hydrogen (secondary N) is 1. The fourth-order valence-corrected chi connectivity index (χ4v) is 3.13. The van der Waals surface area contributed by atoms with E-state index in [9.17, 15) is 4.79 Å². The van der Waals surface area contributed by atoms with E-state index in [2.05, 4.69) is 29.3 Å². The van der Waals surface area contributed by atoms with Crippen molar-refractivity contribution in [2.45, 2.75) is 51.2 Å². The second-order valence-corrected chi connectivity index (χ2v) is 6.18. The lowest BCUT2D eigenvalue weighted by Crippen LogP contribution is -2.47. The molecule has 2 fully saturated rings. The molecule has 1 saturated carbocycles. The summed E-state index contributed by atoms with van der Waals surface area (Å²) in [5, 5.41) is 3.35. The molecule has 1 aromatic rings. The van der Waals surface area contributed by atoms with Gasteiger partial charge in [-0.25, -0.2) is 0 Å². The van der Waals surface area contributed by atoms with Crippen molar-refractivity contribution in [3.63, 3.8) is 0 Å². The number of hydrogen-bond donors (Lipinski definition) is 1. The normalized spacial score (nSPS) is 23.6. The maximum Gasteiger partial charge on any atom is 0.240 e. The third-order valence-corrected chi connectivity index (χ3v) is 4.63. The SMILES string of the molecule is CC(C1CC1)N(Cc1ccccc1)C(=O)[C@@H]1CCCN1. The highest BCUT2D eigenvalue weighted by molar-refractivity contribution is 5.82. The summed E-state index contributed by atoms with van der Waals surface area (Å²) in [5.41, 5.74) is 1.23. The van der Waals surface area contributed by atoms with Gasteiger partial charge in [0.25, 0.3) is 0 Å². The van der Waals surface area contributed by atoms with E-state index >= 15 is 0 Å². The van der Waals surface area contributed by atoms with Crippen molar-refractivity contribution < 1.29 is 4.79 Å². The molecule has 2 atom stereocenters. The van der Waals surface area contributed by atoms with E-state index in [0.29, 0.717) is 17.9 Å². The summed E-state index contributed by atoms with van der Waals surface area (Å²) in [6, 6.07) is 10.8. The van der Waals surface area contributed by atoms with Gasteiger partial charge in [0.1, 0.15) is 0 Å². The fourth-order valence-electron chi connectivity index (χ4n) is 3.13. The van der Waals surface area contributed by atoms with Crippen LogP contribution in [0.1, 0.15) is 38.2 Å². The first-order valence-electron chi connectivity index (χ1n) is 7.83. The van der Waals surface area contributed by atoms with Crippen molar-refractivity contribution in [3.05, 3.63) is 35.9 Å². The van der Waals surface area contributed by atoms with E-state index in [-0.39, 0.29) is 6.04 Å². The quantitative estimate of drug-likeness (QED) is 0.893. The van der Waals surface area contributed by atoms with Gasteiger partial charge in [0.05, 0.1) is 6.04 Å². The highest BCUT2D eigenvalue weighted by Crippen LogP contribution is 2.36. The molecule has 3 heteroatoms. The van der Waals surface area contributed by atoms with Crippen molar-refractivity contribution in [2.75, 3.05) is 6.54 Å². The van der Waals surface area contributed by atoms with Crippen LogP contribution >= 0.6 is 0 Å². The van der Waals surface area contributed by atoms with Crippen molar-refractivity contribution in [3.8, 4) is 0 Å². The predicted molar refractivity (Wildman–Crippen MR) is 80.2 cm³/mol. The highest BCUT2D eigenvalue weighted by Gasteiger charge is 2.37. The number of rotatable bonds is 5. The van der Waals surface area contributed by atoms with Gasteiger partial charge < -0.3 is 10.2 Å². The molecule has 0 bridgehead atoms. The third-order valence-electron chi connectivity index (χ3n) is 4.63. The molecule has 1 aromatic carbocycles. The molecule has 1 aliphatic heterocycles. The Kier molecular flexibility index (Phi) is 4.06. The average Bonchev–Trinajstić information content (AvgIpc) is 3.19. The number of benzene rings is 1. The van der Waals surface area contributed by atoms with Crippen molar-refractivity contribution >= 4 is 5.91 Å². The van der Waals surface area contributed by atoms with E-state index in [1.54, 1.807) is 0 Å². The molecule has 1 N–H and O–H groups in total. The Morgan fingerprint density at radius 2 is 2.05 bits per heavy atom. The Balaban J connectivity index is 1.74. The van der Waals surface area contributed by atoms with Crippen LogP contribution in [0, 0.1) is 5.92 Å². The Morgan fingerprint density at radius 3 is 2.65 bits per heavy atom. The molecule has 0 radical (unpaired) electrons. The van der Waals surface area contributed by atoms with Crippen molar-refractivity contribution in [2.24, 2.45) is 5.92 Å². The molecule has 1 aliphatic carbocycles. The van der Waals surface area contributed by atoms with Gasteiger partial charge >= 0.3 is 0 Å². The van der Waals surface area contributed by atoms with Gasteiger partial charge in [0.2, 0.25) is 5.91 Å². The fraction of sp³-hybridized carbons (Fsp3) is 0.588. The number of nitrogens with zero attached hydrogens (tertiary/aromatic N) is 1. The molecule has 1 heterocycles. The summed E-state index contributed by atoms with van der Waals surface area (Å²) in [7, 11) is 0. The number of hydrogen-bond acceptors (Lipinski definition) is 2. The predicted octanol–water partition coefficient (Wildman–Crippen LogP) is 2.57. The Bertz CT molecular complexity index is 449. The summed E-state index contributed by atoms with van der Waals surface area (Å²) >= 11 is 0. The first-order valence-corrected chi connectivity index (χ1v) is 7.83. The van der Waals surface area contributed by atoms with Crippen LogP contribution in [0.4, 0.5) is 0 Å². The molecule has 20 heavy (non-hydrogen) atoms. The number of carbonyl (C=O) groups excluding carboxylic acids is 1. The first-order chi connectivity index (χ1) is 9.75. The molecule has 0 aromatic heterocycles. The van der Waals surface area contributed by atoms with E-state index < -0.39 is 0 Å².